The van der Waals surface area contributed by atoms with E-state index in [9.17, 15) is 0 Å². The van der Waals surface area contributed by atoms with E-state index in [1.807, 2.05) is 48.5 Å². The van der Waals surface area contributed by atoms with E-state index in [2.05, 4.69) is 11.8 Å². The number of nitrogens with two attached hydrogens (primary N) is 1. The molecule has 0 unspecified atom stereocenters. The highest BCUT2D eigenvalue weighted by Gasteiger charge is 1.98. The standard InChI is InChI=1S/C18H19NO2/c1-20-18-6-2-4-17(12-18)14-21-13-16-9-7-15(8-10-16)5-3-11-19/h2,4,6-10,12H,11,13-14,19H2,1H3. The molecule has 0 heterocycles. The summed E-state index contributed by atoms with van der Waals surface area (Å²) in [6.45, 7) is 1.51. The van der Waals surface area contributed by atoms with Crippen LogP contribution in [0.2, 0.25) is 0 Å². The van der Waals surface area contributed by atoms with Gasteiger partial charge < -0.3 is 15.2 Å². The molecule has 0 spiro atoms. The van der Waals surface area contributed by atoms with Gasteiger partial charge in [-0.25, -0.2) is 0 Å². The highest BCUT2D eigenvalue weighted by Crippen LogP contribution is 2.14. The summed E-state index contributed by atoms with van der Waals surface area (Å²) >= 11 is 0. The molecule has 0 saturated heterocycles. The Kier molecular flexibility index (Phi) is 5.83. The topological polar surface area (TPSA) is 44.5 Å². The number of ether oxygens (including phenoxy) is 2. The Morgan fingerprint density at radius 3 is 2.48 bits per heavy atom. The molecule has 3 heteroatoms. The van der Waals surface area contributed by atoms with Crippen LogP contribution in [0, 0.1) is 11.8 Å². The Bertz CT molecular complexity index is 624. The lowest BCUT2D eigenvalue weighted by atomic mass is 10.1. The lowest BCUT2D eigenvalue weighted by Crippen LogP contribution is -1.95. The average molecular weight is 281 g/mol. The molecule has 21 heavy (non-hydrogen) atoms. The minimum absolute atomic E-state index is 0.380. The first-order chi connectivity index (χ1) is 10.3. The highest BCUT2D eigenvalue weighted by molar-refractivity contribution is 5.36. The summed E-state index contributed by atoms with van der Waals surface area (Å²) in [5, 5.41) is 0. The second-order valence-electron chi connectivity index (χ2n) is 4.55. The average Bonchev–Trinajstić information content (AvgIpc) is 2.54. The number of benzene rings is 2. The number of methoxy groups -OCH3 is 1. The van der Waals surface area contributed by atoms with Gasteiger partial charge in [0, 0.05) is 5.56 Å². The van der Waals surface area contributed by atoms with Crippen molar-refractivity contribution in [1.29, 1.82) is 0 Å². The minimum Gasteiger partial charge on any atom is -0.497 e. The van der Waals surface area contributed by atoms with Gasteiger partial charge in [-0.15, -0.1) is 0 Å². The van der Waals surface area contributed by atoms with Gasteiger partial charge in [-0.2, -0.15) is 0 Å². The predicted molar refractivity (Wildman–Crippen MR) is 83.9 cm³/mol. The molecule has 0 fully saturated rings. The molecule has 0 aliphatic rings. The van der Waals surface area contributed by atoms with Crippen molar-refractivity contribution < 1.29 is 9.47 Å². The fourth-order valence-electron chi connectivity index (χ4n) is 1.89. The SMILES string of the molecule is COc1cccc(COCc2ccc(C#CCN)cc2)c1. The Morgan fingerprint density at radius 2 is 1.76 bits per heavy atom. The lowest BCUT2D eigenvalue weighted by molar-refractivity contribution is 0.107. The van der Waals surface area contributed by atoms with Crippen LogP contribution in [0.3, 0.4) is 0 Å². The Hall–Kier alpha value is -2.28. The molecule has 3 nitrogen and oxygen atoms in total. The molecule has 2 rings (SSSR count). The minimum atomic E-state index is 0.380. The van der Waals surface area contributed by atoms with Crippen molar-refractivity contribution in [3.8, 4) is 17.6 Å². The molecule has 0 aliphatic heterocycles. The maximum absolute atomic E-state index is 5.71. The van der Waals surface area contributed by atoms with Crippen LogP contribution in [0.25, 0.3) is 0 Å². The van der Waals surface area contributed by atoms with Crippen LogP contribution in [0.5, 0.6) is 5.75 Å². The van der Waals surface area contributed by atoms with Gasteiger partial charge in [0.1, 0.15) is 5.75 Å². The Balaban J connectivity index is 1.85. The fraction of sp³-hybridized carbons (Fsp3) is 0.222. The maximum Gasteiger partial charge on any atom is 0.119 e. The van der Waals surface area contributed by atoms with Crippen LogP contribution in [0.15, 0.2) is 48.5 Å². The summed E-state index contributed by atoms with van der Waals surface area (Å²) in [6, 6.07) is 15.9. The van der Waals surface area contributed by atoms with Crippen molar-refractivity contribution in [2.75, 3.05) is 13.7 Å². The van der Waals surface area contributed by atoms with E-state index >= 15 is 0 Å². The van der Waals surface area contributed by atoms with Crippen molar-refractivity contribution >= 4 is 0 Å². The molecule has 0 bridgehead atoms. The van der Waals surface area contributed by atoms with Crippen LogP contribution >= 0.6 is 0 Å². The van der Waals surface area contributed by atoms with Gasteiger partial charge in [0.05, 0.1) is 26.9 Å². The van der Waals surface area contributed by atoms with E-state index in [4.69, 9.17) is 15.2 Å². The number of hydrogen-bond donors (Lipinski definition) is 1. The lowest BCUT2D eigenvalue weighted by Gasteiger charge is -2.06. The fourth-order valence-corrected chi connectivity index (χ4v) is 1.89. The van der Waals surface area contributed by atoms with Crippen LogP contribution < -0.4 is 10.5 Å². The summed E-state index contributed by atoms with van der Waals surface area (Å²) in [4.78, 5) is 0. The van der Waals surface area contributed by atoms with Crippen LogP contribution in [0.1, 0.15) is 16.7 Å². The van der Waals surface area contributed by atoms with E-state index < -0.39 is 0 Å². The second-order valence-corrected chi connectivity index (χ2v) is 4.55. The van der Waals surface area contributed by atoms with Gasteiger partial charge in [0.15, 0.2) is 0 Å². The van der Waals surface area contributed by atoms with Crippen LogP contribution in [-0.2, 0) is 18.0 Å². The summed E-state index contributed by atoms with van der Waals surface area (Å²) in [5.41, 5.74) is 8.53. The molecule has 0 radical (unpaired) electrons. The third kappa shape index (κ3) is 4.96. The van der Waals surface area contributed by atoms with E-state index in [-0.39, 0.29) is 0 Å². The normalized spacial score (nSPS) is 9.81. The van der Waals surface area contributed by atoms with E-state index in [1.54, 1.807) is 7.11 Å². The summed E-state index contributed by atoms with van der Waals surface area (Å²) in [6.07, 6.45) is 0. The first-order valence-electron chi connectivity index (χ1n) is 6.80. The Morgan fingerprint density at radius 1 is 1.00 bits per heavy atom. The molecule has 2 aromatic rings. The summed E-state index contributed by atoms with van der Waals surface area (Å²) in [5.74, 6) is 6.68. The number of hydrogen-bond acceptors (Lipinski definition) is 3. The molecule has 2 aromatic carbocycles. The van der Waals surface area contributed by atoms with Gasteiger partial charge in [0.25, 0.3) is 0 Å². The van der Waals surface area contributed by atoms with Gasteiger partial charge in [-0.05, 0) is 35.4 Å². The molecule has 0 aliphatic carbocycles. The molecular weight excluding hydrogens is 262 g/mol. The zero-order valence-electron chi connectivity index (χ0n) is 12.1. The van der Waals surface area contributed by atoms with E-state index in [0.29, 0.717) is 19.8 Å². The van der Waals surface area contributed by atoms with Crippen molar-refractivity contribution in [2.24, 2.45) is 5.73 Å². The monoisotopic (exact) mass is 281 g/mol. The smallest absolute Gasteiger partial charge is 0.119 e. The van der Waals surface area contributed by atoms with E-state index in [1.165, 1.54) is 0 Å². The molecule has 0 aromatic heterocycles. The summed E-state index contributed by atoms with van der Waals surface area (Å²) in [7, 11) is 1.66. The molecule has 2 N–H and O–H groups in total. The molecular formula is C18H19NO2. The zero-order valence-corrected chi connectivity index (χ0v) is 12.1. The van der Waals surface area contributed by atoms with Gasteiger partial charge in [0.2, 0.25) is 0 Å². The zero-order chi connectivity index (χ0) is 14.9. The third-order valence-corrected chi connectivity index (χ3v) is 2.96. The highest BCUT2D eigenvalue weighted by atomic mass is 16.5. The molecule has 0 atom stereocenters. The van der Waals surface area contributed by atoms with Crippen LogP contribution in [-0.4, -0.2) is 13.7 Å². The predicted octanol–water partition coefficient (Wildman–Crippen LogP) is 2.72. The van der Waals surface area contributed by atoms with Gasteiger partial charge >= 0.3 is 0 Å². The molecule has 108 valence electrons. The molecule has 0 amide bonds. The van der Waals surface area contributed by atoms with Crippen molar-refractivity contribution in [3.05, 3.63) is 65.2 Å². The quantitative estimate of drug-likeness (QED) is 0.857. The second kappa shape index (κ2) is 8.11. The number of rotatable bonds is 5. The Labute approximate surface area is 125 Å². The van der Waals surface area contributed by atoms with Crippen molar-refractivity contribution in [2.45, 2.75) is 13.2 Å². The summed E-state index contributed by atoms with van der Waals surface area (Å²) < 4.78 is 10.9. The van der Waals surface area contributed by atoms with Gasteiger partial charge in [-0.3, -0.25) is 0 Å². The van der Waals surface area contributed by atoms with Crippen LogP contribution in [0.4, 0.5) is 0 Å². The van der Waals surface area contributed by atoms with Crippen molar-refractivity contribution in [3.63, 3.8) is 0 Å². The molecule has 0 saturated carbocycles. The third-order valence-electron chi connectivity index (χ3n) is 2.96. The van der Waals surface area contributed by atoms with E-state index in [0.717, 1.165) is 22.4 Å². The maximum atomic E-state index is 5.71. The first kappa shape index (κ1) is 15.1. The van der Waals surface area contributed by atoms with Crippen molar-refractivity contribution in [1.82, 2.24) is 0 Å². The van der Waals surface area contributed by atoms with Gasteiger partial charge in [-0.1, -0.05) is 36.1 Å². The largest absolute Gasteiger partial charge is 0.497 e. The first-order valence-corrected chi connectivity index (χ1v) is 6.80.